The van der Waals surface area contributed by atoms with Gasteiger partial charge in [0.1, 0.15) is 12.0 Å². The highest BCUT2D eigenvalue weighted by atomic mass is 16.3. The number of rotatable bonds is 3. The van der Waals surface area contributed by atoms with Gasteiger partial charge in [0, 0.05) is 13.3 Å². The van der Waals surface area contributed by atoms with Gasteiger partial charge in [0.15, 0.2) is 11.7 Å². The van der Waals surface area contributed by atoms with E-state index in [0.717, 1.165) is 19.5 Å². The van der Waals surface area contributed by atoms with Crippen LogP contribution in [0.1, 0.15) is 36.1 Å². The average Bonchev–Trinajstić information content (AvgIpc) is 2.70. The SMILES string of the molecule is CC(=O)c1coc(CC2CCN(C)CC2)n1. The molecule has 1 aliphatic rings. The van der Waals surface area contributed by atoms with Crippen LogP contribution in [-0.2, 0) is 6.42 Å². The van der Waals surface area contributed by atoms with Crippen LogP contribution in [0.2, 0.25) is 0 Å². The standard InChI is InChI=1S/C12H18N2O2/c1-9(15)11-8-16-12(13-11)7-10-3-5-14(2)6-4-10/h8,10H,3-7H2,1-2H3. The van der Waals surface area contributed by atoms with Gasteiger partial charge < -0.3 is 9.32 Å². The predicted octanol–water partition coefficient (Wildman–Crippen LogP) is 1.76. The Morgan fingerprint density at radius 3 is 2.81 bits per heavy atom. The number of ketones is 1. The molecule has 4 heteroatoms. The summed E-state index contributed by atoms with van der Waals surface area (Å²) in [6.45, 7) is 3.80. The summed E-state index contributed by atoms with van der Waals surface area (Å²) in [4.78, 5) is 17.6. The molecule has 0 radical (unpaired) electrons. The van der Waals surface area contributed by atoms with Crippen molar-refractivity contribution in [1.29, 1.82) is 0 Å². The molecule has 0 bridgehead atoms. The predicted molar refractivity (Wildman–Crippen MR) is 60.4 cm³/mol. The van der Waals surface area contributed by atoms with Crippen molar-refractivity contribution in [2.45, 2.75) is 26.2 Å². The monoisotopic (exact) mass is 222 g/mol. The van der Waals surface area contributed by atoms with Crippen molar-refractivity contribution in [2.24, 2.45) is 5.92 Å². The smallest absolute Gasteiger partial charge is 0.194 e. The van der Waals surface area contributed by atoms with Gasteiger partial charge in [0.2, 0.25) is 0 Å². The Balaban J connectivity index is 1.91. The van der Waals surface area contributed by atoms with E-state index < -0.39 is 0 Å². The first-order chi connectivity index (χ1) is 7.65. The molecule has 2 heterocycles. The highest BCUT2D eigenvalue weighted by Crippen LogP contribution is 2.20. The van der Waals surface area contributed by atoms with Crippen LogP contribution in [0.3, 0.4) is 0 Å². The van der Waals surface area contributed by atoms with Gasteiger partial charge in [-0.15, -0.1) is 0 Å². The number of oxazole rings is 1. The zero-order chi connectivity index (χ0) is 11.5. The van der Waals surface area contributed by atoms with Crippen molar-refractivity contribution >= 4 is 5.78 Å². The topological polar surface area (TPSA) is 46.3 Å². The Morgan fingerprint density at radius 2 is 2.25 bits per heavy atom. The van der Waals surface area contributed by atoms with Gasteiger partial charge in [-0.05, 0) is 38.9 Å². The number of likely N-dealkylation sites (tertiary alicyclic amines) is 1. The molecule has 0 aliphatic carbocycles. The fraction of sp³-hybridized carbons (Fsp3) is 0.667. The summed E-state index contributed by atoms with van der Waals surface area (Å²) >= 11 is 0. The fourth-order valence-corrected chi connectivity index (χ4v) is 2.08. The third-order valence-electron chi connectivity index (χ3n) is 3.21. The Hall–Kier alpha value is -1.16. The summed E-state index contributed by atoms with van der Waals surface area (Å²) in [6.07, 6.45) is 4.70. The largest absolute Gasteiger partial charge is 0.448 e. The van der Waals surface area contributed by atoms with Crippen molar-refractivity contribution in [3.05, 3.63) is 17.8 Å². The van der Waals surface area contributed by atoms with Crippen molar-refractivity contribution in [2.75, 3.05) is 20.1 Å². The Morgan fingerprint density at radius 1 is 1.56 bits per heavy atom. The molecule has 0 amide bonds. The molecule has 2 rings (SSSR count). The van der Waals surface area contributed by atoms with E-state index >= 15 is 0 Å². The molecule has 0 saturated carbocycles. The molecule has 1 fully saturated rings. The van der Waals surface area contributed by atoms with E-state index in [2.05, 4.69) is 16.9 Å². The van der Waals surface area contributed by atoms with Gasteiger partial charge in [0.05, 0.1) is 0 Å². The van der Waals surface area contributed by atoms with Gasteiger partial charge in [-0.3, -0.25) is 4.79 Å². The average molecular weight is 222 g/mol. The van der Waals surface area contributed by atoms with Crippen molar-refractivity contribution in [1.82, 2.24) is 9.88 Å². The van der Waals surface area contributed by atoms with Crippen molar-refractivity contribution < 1.29 is 9.21 Å². The van der Waals surface area contributed by atoms with Gasteiger partial charge in [-0.2, -0.15) is 0 Å². The summed E-state index contributed by atoms with van der Waals surface area (Å²) in [5.41, 5.74) is 0.447. The van der Waals surface area contributed by atoms with Gasteiger partial charge in [0.25, 0.3) is 0 Å². The summed E-state index contributed by atoms with van der Waals surface area (Å²) in [5.74, 6) is 1.33. The summed E-state index contributed by atoms with van der Waals surface area (Å²) in [5, 5.41) is 0. The zero-order valence-corrected chi connectivity index (χ0v) is 9.90. The normalized spacial score (nSPS) is 18.9. The Kier molecular flexibility index (Phi) is 3.39. The number of Topliss-reactive ketones (excluding diaryl/α,β-unsaturated/α-hetero) is 1. The van der Waals surface area contributed by atoms with E-state index in [1.54, 1.807) is 0 Å². The minimum absolute atomic E-state index is 0.0293. The minimum Gasteiger partial charge on any atom is -0.448 e. The lowest BCUT2D eigenvalue weighted by atomic mass is 9.94. The van der Waals surface area contributed by atoms with Crippen LogP contribution in [0.4, 0.5) is 0 Å². The minimum atomic E-state index is -0.0293. The molecule has 0 unspecified atom stereocenters. The highest BCUT2D eigenvalue weighted by Gasteiger charge is 2.19. The van der Waals surface area contributed by atoms with E-state index in [1.807, 2.05) is 0 Å². The van der Waals surface area contributed by atoms with Crippen LogP contribution in [0.25, 0.3) is 0 Å². The maximum atomic E-state index is 11.1. The van der Waals surface area contributed by atoms with Crippen LogP contribution >= 0.6 is 0 Å². The molecule has 0 atom stereocenters. The third kappa shape index (κ3) is 2.70. The highest BCUT2D eigenvalue weighted by molar-refractivity contribution is 5.91. The number of nitrogens with zero attached hydrogens (tertiary/aromatic N) is 2. The molecule has 0 aromatic carbocycles. The maximum Gasteiger partial charge on any atom is 0.194 e. The first kappa shape index (κ1) is 11.3. The summed E-state index contributed by atoms with van der Waals surface area (Å²) < 4.78 is 5.31. The lowest BCUT2D eigenvalue weighted by molar-refractivity contribution is 0.101. The van der Waals surface area contributed by atoms with E-state index in [0.29, 0.717) is 17.5 Å². The van der Waals surface area contributed by atoms with E-state index in [9.17, 15) is 4.79 Å². The second kappa shape index (κ2) is 4.78. The van der Waals surface area contributed by atoms with Crippen molar-refractivity contribution in [3.8, 4) is 0 Å². The van der Waals surface area contributed by atoms with Crippen LogP contribution < -0.4 is 0 Å². The lowest BCUT2D eigenvalue weighted by Crippen LogP contribution is -2.31. The molecule has 0 N–H and O–H groups in total. The first-order valence-electron chi connectivity index (χ1n) is 5.79. The number of hydrogen-bond donors (Lipinski definition) is 0. The second-order valence-electron chi connectivity index (χ2n) is 4.63. The molecule has 1 aromatic heterocycles. The van der Waals surface area contributed by atoms with Crippen molar-refractivity contribution in [3.63, 3.8) is 0 Å². The zero-order valence-electron chi connectivity index (χ0n) is 9.90. The molecule has 16 heavy (non-hydrogen) atoms. The lowest BCUT2D eigenvalue weighted by Gasteiger charge is -2.28. The van der Waals surface area contributed by atoms with Crippen LogP contribution in [0.5, 0.6) is 0 Å². The van der Waals surface area contributed by atoms with E-state index in [1.165, 1.54) is 26.0 Å². The molecular weight excluding hydrogens is 204 g/mol. The summed E-state index contributed by atoms with van der Waals surface area (Å²) in [6, 6.07) is 0. The molecule has 1 aliphatic heterocycles. The number of carbonyl (C=O) groups is 1. The third-order valence-corrected chi connectivity index (χ3v) is 3.21. The second-order valence-corrected chi connectivity index (χ2v) is 4.63. The number of piperidine rings is 1. The van der Waals surface area contributed by atoms with Crippen LogP contribution in [0.15, 0.2) is 10.7 Å². The molecule has 1 saturated heterocycles. The van der Waals surface area contributed by atoms with Gasteiger partial charge in [-0.1, -0.05) is 0 Å². The fourth-order valence-electron chi connectivity index (χ4n) is 2.08. The van der Waals surface area contributed by atoms with Crippen LogP contribution in [-0.4, -0.2) is 35.8 Å². The molecule has 88 valence electrons. The number of carbonyl (C=O) groups excluding carboxylic acids is 1. The molecule has 0 spiro atoms. The van der Waals surface area contributed by atoms with Gasteiger partial charge >= 0.3 is 0 Å². The maximum absolute atomic E-state index is 11.1. The molecular formula is C12H18N2O2. The first-order valence-corrected chi connectivity index (χ1v) is 5.79. The molecule has 1 aromatic rings. The Bertz CT molecular complexity index is 365. The number of aromatic nitrogens is 1. The Labute approximate surface area is 95.6 Å². The quantitative estimate of drug-likeness (QED) is 0.731. The van der Waals surface area contributed by atoms with Crippen LogP contribution in [0, 0.1) is 5.92 Å². The van der Waals surface area contributed by atoms with Gasteiger partial charge in [-0.25, -0.2) is 4.98 Å². The molecule has 4 nitrogen and oxygen atoms in total. The summed E-state index contributed by atoms with van der Waals surface area (Å²) in [7, 11) is 2.15. The number of hydrogen-bond acceptors (Lipinski definition) is 4. The van der Waals surface area contributed by atoms with E-state index in [4.69, 9.17) is 4.42 Å². The van der Waals surface area contributed by atoms with E-state index in [-0.39, 0.29) is 5.78 Å².